The van der Waals surface area contributed by atoms with Crippen LogP contribution in [0.4, 0.5) is 10.6 Å². The van der Waals surface area contributed by atoms with Crippen LogP contribution in [-0.2, 0) is 4.79 Å². The molecule has 3 heterocycles. The fourth-order valence-electron chi connectivity index (χ4n) is 2.03. The van der Waals surface area contributed by atoms with E-state index in [9.17, 15) is 9.59 Å². The van der Waals surface area contributed by atoms with Crippen LogP contribution < -0.4 is 16.0 Å². The number of rotatable bonds is 4. The highest BCUT2D eigenvalue weighted by Crippen LogP contribution is 2.15. The van der Waals surface area contributed by atoms with Gasteiger partial charge in [0.2, 0.25) is 0 Å². The van der Waals surface area contributed by atoms with E-state index in [1.807, 2.05) is 6.07 Å². The van der Waals surface area contributed by atoms with Crippen molar-refractivity contribution in [3.05, 3.63) is 29.7 Å². The summed E-state index contributed by atoms with van der Waals surface area (Å²) >= 11 is 0. The summed E-state index contributed by atoms with van der Waals surface area (Å²) in [7, 11) is 0. The van der Waals surface area contributed by atoms with Crippen LogP contribution in [0.15, 0.2) is 24.2 Å². The third-order valence-corrected chi connectivity index (χ3v) is 3.11. The average Bonchev–Trinajstić information content (AvgIpc) is 3.00. The number of amides is 3. The number of carbonyl (C=O) groups excluding carboxylic acids is 2. The van der Waals surface area contributed by atoms with Gasteiger partial charge < -0.3 is 10.6 Å². The van der Waals surface area contributed by atoms with Crippen molar-refractivity contribution >= 4 is 29.5 Å². The van der Waals surface area contributed by atoms with E-state index in [-0.39, 0.29) is 5.70 Å². The van der Waals surface area contributed by atoms with Gasteiger partial charge in [-0.25, -0.2) is 14.3 Å². The molecule has 0 atom stereocenters. The standard InChI is InChI=1S/C14H16N6O2/c1-8(2)6-15-11-3-4-20-12(18-11)9(7-16-20)5-10-13(21)19-14(22)17-10/h3-5,7-8H,6H2,1-2H3,(H,15,18)(H2,17,19,21,22). The zero-order valence-corrected chi connectivity index (χ0v) is 12.3. The van der Waals surface area contributed by atoms with E-state index < -0.39 is 11.9 Å². The average molecular weight is 300 g/mol. The number of urea groups is 1. The molecule has 0 radical (unpaired) electrons. The normalized spacial score (nSPS) is 16.4. The monoisotopic (exact) mass is 300 g/mol. The van der Waals surface area contributed by atoms with Crippen LogP contribution in [0.25, 0.3) is 11.7 Å². The molecule has 8 heteroatoms. The summed E-state index contributed by atoms with van der Waals surface area (Å²) in [5, 5.41) is 12.0. The third kappa shape index (κ3) is 2.76. The van der Waals surface area contributed by atoms with Crippen molar-refractivity contribution in [2.24, 2.45) is 5.92 Å². The summed E-state index contributed by atoms with van der Waals surface area (Å²) in [5.41, 5.74) is 1.44. The number of imide groups is 1. The molecule has 0 aromatic carbocycles. The third-order valence-electron chi connectivity index (χ3n) is 3.11. The lowest BCUT2D eigenvalue weighted by atomic mass is 10.2. The SMILES string of the molecule is CC(C)CNc1ccn2ncc(C=C3NC(=O)NC3=O)c2n1. The molecule has 1 aliphatic heterocycles. The van der Waals surface area contributed by atoms with E-state index in [0.717, 1.165) is 12.4 Å². The van der Waals surface area contributed by atoms with E-state index in [4.69, 9.17) is 0 Å². The van der Waals surface area contributed by atoms with Gasteiger partial charge in [-0.1, -0.05) is 13.8 Å². The van der Waals surface area contributed by atoms with Crippen LogP contribution >= 0.6 is 0 Å². The van der Waals surface area contributed by atoms with Gasteiger partial charge in [0, 0.05) is 18.3 Å². The summed E-state index contributed by atoms with van der Waals surface area (Å²) in [4.78, 5) is 27.2. The number of anilines is 1. The lowest BCUT2D eigenvalue weighted by Gasteiger charge is -2.08. The zero-order chi connectivity index (χ0) is 15.7. The molecular weight excluding hydrogens is 284 g/mol. The predicted octanol–water partition coefficient (Wildman–Crippen LogP) is 0.977. The predicted molar refractivity (Wildman–Crippen MR) is 81.0 cm³/mol. The van der Waals surface area contributed by atoms with E-state index >= 15 is 0 Å². The molecule has 0 aliphatic carbocycles. The lowest BCUT2D eigenvalue weighted by molar-refractivity contribution is -0.115. The van der Waals surface area contributed by atoms with Crippen LogP contribution in [-0.4, -0.2) is 33.1 Å². The van der Waals surface area contributed by atoms with Crippen LogP contribution in [0.5, 0.6) is 0 Å². The molecule has 22 heavy (non-hydrogen) atoms. The van der Waals surface area contributed by atoms with E-state index in [1.54, 1.807) is 23.0 Å². The Morgan fingerprint density at radius 3 is 2.86 bits per heavy atom. The first kappa shape index (κ1) is 14.1. The molecule has 0 bridgehead atoms. The van der Waals surface area contributed by atoms with Crippen molar-refractivity contribution in [3.63, 3.8) is 0 Å². The van der Waals surface area contributed by atoms with Crippen molar-refractivity contribution in [3.8, 4) is 0 Å². The van der Waals surface area contributed by atoms with E-state index in [2.05, 4.69) is 39.9 Å². The molecular formula is C14H16N6O2. The first-order valence-corrected chi connectivity index (χ1v) is 6.95. The Morgan fingerprint density at radius 2 is 2.18 bits per heavy atom. The first-order valence-electron chi connectivity index (χ1n) is 6.95. The summed E-state index contributed by atoms with van der Waals surface area (Å²) in [6, 6.07) is 1.31. The molecule has 2 aromatic rings. The Kier molecular flexibility index (Phi) is 3.50. The Morgan fingerprint density at radius 1 is 1.36 bits per heavy atom. The summed E-state index contributed by atoms with van der Waals surface area (Å²) in [5.74, 6) is 0.779. The molecule has 3 N–H and O–H groups in total. The van der Waals surface area contributed by atoms with Crippen LogP contribution in [0.2, 0.25) is 0 Å². The highest BCUT2D eigenvalue weighted by Gasteiger charge is 2.23. The fourth-order valence-corrected chi connectivity index (χ4v) is 2.03. The molecule has 114 valence electrons. The van der Waals surface area contributed by atoms with Crippen LogP contribution in [0.3, 0.4) is 0 Å². The molecule has 1 fully saturated rings. The zero-order valence-electron chi connectivity index (χ0n) is 12.3. The highest BCUT2D eigenvalue weighted by molar-refractivity contribution is 6.14. The van der Waals surface area contributed by atoms with Gasteiger partial charge in [-0.15, -0.1) is 0 Å². The number of nitrogens with zero attached hydrogens (tertiary/aromatic N) is 3. The van der Waals surface area contributed by atoms with Crippen LogP contribution in [0, 0.1) is 5.92 Å². The number of hydrogen-bond donors (Lipinski definition) is 3. The molecule has 0 saturated carbocycles. The molecule has 8 nitrogen and oxygen atoms in total. The number of aromatic nitrogens is 3. The smallest absolute Gasteiger partial charge is 0.326 e. The van der Waals surface area contributed by atoms with Crippen molar-refractivity contribution in [2.75, 3.05) is 11.9 Å². The summed E-state index contributed by atoms with van der Waals surface area (Å²) in [6.07, 6.45) is 4.95. The minimum Gasteiger partial charge on any atom is -0.370 e. The van der Waals surface area contributed by atoms with Crippen LogP contribution in [0.1, 0.15) is 19.4 Å². The minimum absolute atomic E-state index is 0.183. The van der Waals surface area contributed by atoms with Gasteiger partial charge in [0.05, 0.1) is 6.20 Å². The van der Waals surface area contributed by atoms with Crippen molar-refractivity contribution in [1.82, 2.24) is 25.2 Å². The van der Waals surface area contributed by atoms with Gasteiger partial charge in [0.25, 0.3) is 5.91 Å². The number of nitrogens with one attached hydrogen (secondary N) is 3. The lowest BCUT2D eigenvalue weighted by Crippen LogP contribution is -2.22. The molecule has 0 spiro atoms. The Hall–Kier alpha value is -2.90. The second-order valence-corrected chi connectivity index (χ2v) is 5.42. The summed E-state index contributed by atoms with van der Waals surface area (Å²) < 4.78 is 1.61. The molecule has 1 saturated heterocycles. The molecule has 0 unspecified atom stereocenters. The van der Waals surface area contributed by atoms with E-state index in [1.165, 1.54) is 0 Å². The Balaban J connectivity index is 1.93. The van der Waals surface area contributed by atoms with Gasteiger partial charge in [-0.2, -0.15) is 5.10 Å². The molecule has 1 aliphatic rings. The first-order chi connectivity index (χ1) is 10.5. The molecule has 2 aromatic heterocycles. The van der Waals surface area contributed by atoms with Crippen molar-refractivity contribution < 1.29 is 9.59 Å². The molecule has 3 amide bonds. The van der Waals surface area contributed by atoms with Crippen molar-refractivity contribution in [1.29, 1.82) is 0 Å². The Labute approximate surface area is 126 Å². The van der Waals surface area contributed by atoms with Gasteiger partial charge in [-0.3, -0.25) is 10.1 Å². The number of carbonyl (C=O) groups is 2. The van der Waals surface area contributed by atoms with Gasteiger partial charge >= 0.3 is 6.03 Å². The highest BCUT2D eigenvalue weighted by atomic mass is 16.2. The van der Waals surface area contributed by atoms with Gasteiger partial charge in [-0.05, 0) is 18.1 Å². The Bertz CT molecular complexity index is 777. The topological polar surface area (TPSA) is 100 Å². The maximum atomic E-state index is 11.6. The van der Waals surface area contributed by atoms with E-state index in [0.29, 0.717) is 17.1 Å². The fraction of sp³-hybridized carbons (Fsp3) is 0.286. The second kappa shape index (κ2) is 5.47. The quantitative estimate of drug-likeness (QED) is 0.577. The van der Waals surface area contributed by atoms with Gasteiger partial charge in [0.1, 0.15) is 11.5 Å². The number of hydrogen-bond acceptors (Lipinski definition) is 5. The molecule has 3 rings (SSSR count). The maximum Gasteiger partial charge on any atom is 0.326 e. The summed E-state index contributed by atoms with van der Waals surface area (Å²) in [6.45, 7) is 5.04. The number of fused-ring (bicyclic) bond motifs is 1. The minimum atomic E-state index is -0.528. The maximum absolute atomic E-state index is 11.6. The van der Waals surface area contributed by atoms with Gasteiger partial charge in [0.15, 0.2) is 5.65 Å². The largest absolute Gasteiger partial charge is 0.370 e. The van der Waals surface area contributed by atoms with Crippen molar-refractivity contribution in [2.45, 2.75) is 13.8 Å². The second-order valence-electron chi connectivity index (χ2n) is 5.42.